The van der Waals surface area contributed by atoms with Crippen molar-refractivity contribution >= 4 is 11.7 Å². The van der Waals surface area contributed by atoms with Crippen LogP contribution in [0.15, 0.2) is 46.4 Å². The lowest BCUT2D eigenvalue weighted by Gasteiger charge is -2.39. The van der Waals surface area contributed by atoms with Gasteiger partial charge in [0.05, 0.1) is 5.70 Å². The van der Waals surface area contributed by atoms with E-state index in [9.17, 15) is 24.0 Å². The van der Waals surface area contributed by atoms with Gasteiger partial charge in [-0.25, -0.2) is 14.1 Å². The molecule has 1 atom stereocenters. The monoisotopic (exact) mass is 405 g/mol. The van der Waals surface area contributed by atoms with Crippen molar-refractivity contribution in [2.45, 2.75) is 45.4 Å². The van der Waals surface area contributed by atoms with Gasteiger partial charge < -0.3 is 0 Å². The Morgan fingerprint density at radius 2 is 1.90 bits per heavy atom. The fraction of sp³-hybridized carbons (Fsp3) is 0.304. The van der Waals surface area contributed by atoms with Crippen LogP contribution in [0.1, 0.15) is 54.0 Å². The largest absolute Gasteiger partial charge is 0.294 e. The molecule has 0 bridgehead atoms. The zero-order valence-electron chi connectivity index (χ0n) is 16.7. The second-order valence-electron chi connectivity index (χ2n) is 7.73. The highest BCUT2D eigenvalue weighted by Crippen LogP contribution is 2.41. The minimum absolute atomic E-state index is 0.0371. The zero-order chi connectivity index (χ0) is 21.6. The Balaban J connectivity index is 1.96. The first-order valence-corrected chi connectivity index (χ1v) is 9.81. The molecule has 6 nitrogen and oxygen atoms in total. The summed E-state index contributed by atoms with van der Waals surface area (Å²) in [5.41, 5.74) is 1.90. The summed E-state index contributed by atoms with van der Waals surface area (Å²) < 4.78 is 15.0. The quantitative estimate of drug-likeness (QED) is 0.769. The summed E-state index contributed by atoms with van der Waals surface area (Å²) in [4.78, 5) is 39.2. The molecule has 7 heteroatoms. The number of hydrogen-bond acceptors (Lipinski definition) is 4. The molecule has 2 aromatic rings. The zero-order valence-corrected chi connectivity index (χ0v) is 16.7. The summed E-state index contributed by atoms with van der Waals surface area (Å²) in [5.74, 6) is -1.45. The van der Waals surface area contributed by atoms with E-state index >= 15 is 0 Å². The molecule has 0 fully saturated rings. The molecular weight excluding hydrogens is 385 g/mol. The third-order valence-corrected chi connectivity index (χ3v) is 5.77. The first kappa shape index (κ1) is 19.8. The number of nitriles is 1. The number of amides is 1. The molecule has 1 aliphatic carbocycles. The molecular formula is C23H20FN3O3. The van der Waals surface area contributed by atoms with E-state index in [0.717, 1.165) is 0 Å². The van der Waals surface area contributed by atoms with Crippen molar-refractivity contribution in [2.24, 2.45) is 0 Å². The first-order chi connectivity index (χ1) is 14.3. The predicted molar refractivity (Wildman–Crippen MR) is 108 cm³/mol. The third kappa shape index (κ3) is 3.05. The van der Waals surface area contributed by atoms with Gasteiger partial charge in [-0.2, -0.15) is 5.26 Å². The molecule has 0 saturated heterocycles. The maximum atomic E-state index is 13.8. The molecule has 1 aromatic heterocycles. The number of carbonyl (C=O) groups is 2. The Kier molecular flexibility index (Phi) is 4.86. The predicted octanol–water partition coefficient (Wildman–Crippen LogP) is 3.14. The van der Waals surface area contributed by atoms with E-state index in [1.807, 2.05) is 6.07 Å². The Morgan fingerprint density at radius 1 is 1.13 bits per heavy atom. The molecule has 2 heterocycles. The van der Waals surface area contributed by atoms with E-state index in [1.54, 1.807) is 32.0 Å². The Bertz CT molecular complexity index is 1220. The number of benzene rings is 1. The van der Waals surface area contributed by atoms with E-state index < -0.39 is 17.3 Å². The Labute approximate surface area is 172 Å². The van der Waals surface area contributed by atoms with Crippen LogP contribution in [0.5, 0.6) is 0 Å². The molecule has 1 aliphatic heterocycles. The molecule has 0 unspecified atom stereocenters. The topological polar surface area (TPSA) is 83.2 Å². The number of pyridine rings is 1. The standard InChI is InChI=1S/C23H20FN3O3/c1-13-9-14(2)26(23(30)18(13)12-25)27-19-7-4-8-20(28)22(19)17(11-21(27)29)15-5-3-6-16(24)10-15/h3,5-6,9-10,17H,4,7-8,11H2,1-2H3/t17-/m0/s1. The normalized spacial score (nSPS) is 19.0. The van der Waals surface area contributed by atoms with Crippen LogP contribution in [0.2, 0.25) is 0 Å². The molecule has 4 rings (SSSR count). The highest BCUT2D eigenvalue weighted by atomic mass is 19.1. The van der Waals surface area contributed by atoms with Crippen molar-refractivity contribution in [1.29, 1.82) is 5.26 Å². The van der Waals surface area contributed by atoms with Gasteiger partial charge in [-0.05, 0) is 56.0 Å². The van der Waals surface area contributed by atoms with Gasteiger partial charge in [0.2, 0.25) is 5.91 Å². The summed E-state index contributed by atoms with van der Waals surface area (Å²) in [7, 11) is 0. The maximum Gasteiger partial charge on any atom is 0.288 e. The molecule has 1 amide bonds. The number of rotatable bonds is 2. The van der Waals surface area contributed by atoms with Gasteiger partial charge in [-0.15, -0.1) is 0 Å². The molecule has 0 N–H and O–H groups in total. The summed E-state index contributed by atoms with van der Waals surface area (Å²) in [6.07, 6.45) is 1.29. The summed E-state index contributed by atoms with van der Waals surface area (Å²) >= 11 is 0. The van der Waals surface area contributed by atoms with Gasteiger partial charge in [-0.3, -0.25) is 14.4 Å². The fourth-order valence-electron chi connectivity index (χ4n) is 4.48. The molecule has 2 aliphatic rings. The van der Waals surface area contributed by atoms with Gasteiger partial charge in [0.1, 0.15) is 17.4 Å². The van der Waals surface area contributed by atoms with E-state index in [0.29, 0.717) is 47.4 Å². The van der Waals surface area contributed by atoms with E-state index in [2.05, 4.69) is 0 Å². The van der Waals surface area contributed by atoms with Crippen LogP contribution in [-0.2, 0) is 9.59 Å². The average molecular weight is 405 g/mol. The van der Waals surface area contributed by atoms with Gasteiger partial charge in [0.15, 0.2) is 5.78 Å². The number of Topliss-reactive ketones (excluding diaryl/α,β-unsaturated/α-hetero) is 1. The van der Waals surface area contributed by atoms with Crippen molar-refractivity contribution in [2.75, 3.05) is 5.01 Å². The van der Waals surface area contributed by atoms with Crippen molar-refractivity contribution < 1.29 is 14.0 Å². The van der Waals surface area contributed by atoms with Gasteiger partial charge in [0, 0.05) is 30.0 Å². The van der Waals surface area contributed by atoms with Gasteiger partial charge in [-0.1, -0.05) is 12.1 Å². The Hall–Kier alpha value is -3.53. The number of hydrogen-bond donors (Lipinski definition) is 0. The van der Waals surface area contributed by atoms with Crippen LogP contribution in [-0.4, -0.2) is 16.4 Å². The van der Waals surface area contributed by atoms with Gasteiger partial charge in [0.25, 0.3) is 5.56 Å². The Morgan fingerprint density at radius 3 is 2.60 bits per heavy atom. The van der Waals surface area contributed by atoms with Crippen LogP contribution in [0, 0.1) is 31.0 Å². The number of aromatic nitrogens is 1. The van der Waals surface area contributed by atoms with Crippen LogP contribution < -0.4 is 10.6 Å². The van der Waals surface area contributed by atoms with E-state index in [1.165, 1.54) is 21.8 Å². The van der Waals surface area contributed by atoms with E-state index in [4.69, 9.17) is 0 Å². The van der Waals surface area contributed by atoms with Crippen LogP contribution in [0.3, 0.4) is 0 Å². The number of nitrogens with zero attached hydrogens (tertiary/aromatic N) is 3. The summed E-state index contributed by atoms with van der Waals surface area (Å²) in [6.45, 7) is 3.36. The number of allylic oxidation sites excluding steroid dienone is 2. The highest BCUT2D eigenvalue weighted by molar-refractivity contribution is 6.04. The maximum absolute atomic E-state index is 13.8. The molecule has 0 saturated carbocycles. The van der Waals surface area contributed by atoms with Crippen molar-refractivity contribution in [3.63, 3.8) is 0 Å². The molecule has 0 radical (unpaired) electrons. The summed E-state index contributed by atoms with van der Waals surface area (Å²) in [5, 5.41) is 10.7. The summed E-state index contributed by atoms with van der Waals surface area (Å²) in [6, 6.07) is 9.52. The molecule has 1 aromatic carbocycles. The third-order valence-electron chi connectivity index (χ3n) is 5.77. The van der Waals surface area contributed by atoms with Crippen molar-refractivity contribution in [3.05, 3.63) is 80.2 Å². The first-order valence-electron chi connectivity index (χ1n) is 9.81. The lowest BCUT2D eigenvalue weighted by Crippen LogP contribution is -2.52. The molecule has 152 valence electrons. The smallest absolute Gasteiger partial charge is 0.288 e. The lowest BCUT2D eigenvalue weighted by molar-refractivity contribution is -0.121. The average Bonchev–Trinajstić information content (AvgIpc) is 2.69. The van der Waals surface area contributed by atoms with E-state index in [-0.39, 0.29) is 23.7 Å². The minimum atomic E-state index is -0.586. The second-order valence-corrected chi connectivity index (χ2v) is 7.73. The number of halogens is 1. The number of ketones is 1. The molecule has 30 heavy (non-hydrogen) atoms. The van der Waals surface area contributed by atoms with Crippen LogP contribution in [0.4, 0.5) is 4.39 Å². The van der Waals surface area contributed by atoms with Crippen LogP contribution >= 0.6 is 0 Å². The second kappa shape index (κ2) is 7.38. The highest BCUT2D eigenvalue weighted by Gasteiger charge is 2.41. The SMILES string of the molecule is Cc1cc(C)n(N2C(=O)C[C@@H](c3cccc(F)c3)C3=C2CCCC3=O)c(=O)c1C#N. The minimum Gasteiger partial charge on any atom is -0.294 e. The lowest BCUT2D eigenvalue weighted by atomic mass is 9.77. The van der Waals surface area contributed by atoms with Crippen LogP contribution in [0.25, 0.3) is 0 Å². The van der Waals surface area contributed by atoms with Gasteiger partial charge >= 0.3 is 0 Å². The molecule has 0 spiro atoms. The number of aryl methyl sites for hydroxylation is 2. The number of carbonyl (C=O) groups excluding carboxylic acids is 2. The van der Waals surface area contributed by atoms with Crippen molar-refractivity contribution in [1.82, 2.24) is 4.68 Å². The fourth-order valence-corrected chi connectivity index (χ4v) is 4.48. The van der Waals surface area contributed by atoms with Crippen molar-refractivity contribution in [3.8, 4) is 6.07 Å².